The van der Waals surface area contributed by atoms with E-state index in [-0.39, 0.29) is 12.6 Å². The number of rotatable bonds is 5. The fraction of sp³-hybridized carbons (Fsp3) is 0.185. The van der Waals surface area contributed by atoms with Gasteiger partial charge in [-0.15, -0.1) is 0 Å². The summed E-state index contributed by atoms with van der Waals surface area (Å²) in [7, 11) is 0. The molecule has 0 bridgehead atoms. The monoisotopic (exact) mass is 542 g/mol. The van der Waals surface area contributed by atoms with E-state index in [0.717, 1.165) is 35.3 Å². The van der Waals surface area contributed by atoms with Crippen molar-refractivity contribution in [2.45, 2.75) is 19.5 Å². The maximum Gasteiger partial charge on any atom is 0.326 e. The van der Waals surface area contributed by atoms with E-state index in [0.29, 0.717) is 39.1 Å². The summed E-state index contributed by atoms with van der Waals surface area (Å²) in [6.45, 7) is 2.40. The van der Waals surface area contributed by atoms with Gasteiger partial charge in [0.05, 0.1) is 15.6 Å². The molecule has 1 N–H and O–H groups in total. The van der Waals surface area contributed by atoms with E-state index in [4.69, 9.17) is 34.8 Å². The third-order valence-corrected chi connectivity index (χ3v) is 7.23. The minimum atomic E-state index is -0.586. The summed E-state index contributed by atoms with van der Waals surface area (Å²) in [5.74, 6) is -0.586. The molecule has 0 saturated carbocycles. The number of aromatic nitrogens is 2. The molecule has 0 radical (unpaired) electrons. The minimum absolute atomic E-state index is 0.176. The quantitative estimate of drug-likeness (QED) is 0.277. The van der Waals surface area contributed by atoms with Crippen LogP contribution >= 0.6 is 34.8 Å². The molecule has 1 aliphatic heterocycles. The Kier molecular flexibility index (Phi) is 7.30. The molecule has 36 heavy (non-hydrogen) atoms. The molecule has 9 heteroatoms. The van der Waals surface area contributed by atoms with Gasteiger partial charge in [0.25, 0.3) is 0 Å². The van der Waals surface area contributed by atoms with E-state index in [1.807, 2.05) is 30.3 Å². The Morgan fingerprint density at radius 3 is 2.64 bits per heavy atom. The second kappa shape index (κ2) is 10.6. The van der Waals surface area contributed by atoms with Crippen LogP contribution in [-0.4, -0.2) is 33.6 Å². The number of hydrogen-bond donors (Lipinski definition) is 1. The van der Waals surface area contributed by atoms with E-state index >= 15 is 0 Å². The number of fused-ring (bicyclic) bond motifs is 3. The lowest BCUT2D eigenvalue weighted by Crippen LogP contribution is -2.34. The number of benzene rings is 2. The zero-order valence-electron chi connectivity index (χ0n) is 19.1. The second-order valence-electron chi connectivity index (χ2n) is 8.63. The normalized spacial score (nSPS) is 13.9. The lowest BCUT2D eigenvalue weighted by atomic mass is 10.0. The molecule has 0 atom stereocenters. The highest BCUT2D eigenvalue weighted by Gasteiger charge is 2.27. The van der Waals surface area contributed by atoms with Crippen molar-refractivity contribution in [3.05, 3.63) is 104 Å². The van der Waals surface area contributed by atoms with Gasteiger partial charge in [0.15, 0.2) is 0 Å². The molecule has 2 aromatic carbocycles. The fourth-order valence-electron chi connectivity index (χ4n) is 4.51. The van der Waals surface area contributed by atoms with Crippen molar-refractivity contribution in [1.82, 2.24) is 19.8 Å². The first kappa shape index (κ1) is 24.8. The summed E-state index contributed by atoms with van der Waals surface area (Å²) in [5.41, 5.74) is 4.40. The average Bonchev–Trinajstić information content (AvgIpc) is 3.16. The number of nitrogens with zero attached hydrogens (tertiary/aromatic N) is 3. The van der Waals surface area contributed by atoms with Gasteiger partial charge in [-0.25, -0.2) is 9.78 Å². The zero-order chi connectivity index (χ0) is 25.2. The summed E-state index contributed by atoms with van der Waals surface area (Å²) in [5, 5.41) is 5.32. The van der Waals surface area contributed by atoms with Crippen molar-refractivity contribution < 1.29 is 9.18 Å². The van der Waals surface area contributed by atoms with Crippen molar-refractivity contribution in [2.24, 2.45) is 0 Å². The Morgan fingerprint density at radius 1 is 1.08 bits per heavy atom. The second-order valence-corrected chi connectivity index (χ2v) is 9.88. The van der Waals surface area contributed by atoms with Crippen LogP contribution in [-0.2, 0) is 19.5 Å². The van der Waals surface area contributed by atoms with Crippen LogP contribution in [0.15, 0.2) is 60.8 Å². The summed E-state index contributed by atoms with van der Waals surface area (Å²) in [4.78, 5) is 19.2. The summed E-state index contributed by atoms with van der Waals surface area (Å²) in [6.07, 6.45) is 6.26. The molecular weight excluding hydrogens is 522 g/mol. The van der Waals surface area contributed by atoms with Crippen LogP contribution in [0.25, 0.3) is 17.0 Å². The fourth-order valence-corrected chi connectivity index (χ4v) is 4.96. The number of amides is 1. The summed E-state index contributed by atoms with van der Waals surface area (Å²) >= 11 is 18.7. The van der Waals surface area contributed by atoms with Crippen LogP contribution in [0.4, 0.5) is 9.18 Å². The topological polar surface area (TPSA) is 50.2 Å². The van der Waals surface area contributed by atoms with Gasteiger partial charge in [-0.2, -0.15) is 4.39 Å². The SMILES string of the molecule is O=C(NCc1ccnc(F)c1)n1c2c(c3cc(Cl)c(Cl)cc31)CN(CC=Cc1ccc(Cl)cc1)CC2. The maximum absolute atomic E-state index is 13.4. The third-order valence-electron chi connectivity index (χ3n) is 6.25. The number of carbonyl (C=O) groups excluding carboxylic acids is 1. The molecule has 0 fully saturated rings. The Balaban J connectivity index is 1.40. The molecule has 3 heterocycles. The number of nitrogens with one attached hydrogen (secondary N) is 1. The minimum Gasteiger partial charge on any atom is -0.333 e. The van der Waals surface area contributed by atoms with Crippen molar-refractivity contribution in [1.29, 1.82) is 0 Å². The van der Waals surface area contributed by atoms with E-state index in [9.17, 15) is 9.18 Å². The lowest BCUT2D eigenvalue weighted by Gasteiger charge is -2.27. The molecule has 0 aliphatic carbocycles. The van der Waals surface area contributed by atoms with Crippen LogP contribution in [0, 0.1) is 5.95 Å². The van der Waals surface area contributed by atoms with Gasteiger partial charge in [0.2, 0.25) is 5.95 Å². The van der Waals surface area contributed by atoms with Gasteiger partial charge in [0, 0.05) is 54.9 Å². The average molecular weight is 544 g/mol. The molecule has 4 aromatic rings. The van der Waals surface area contributed by atoms with E-state index in [2.05, 4.69) is 27.4 Å². The largest absolute Gasteiger partial charge is 0.333 e. The molecule has 1 aliphatic rings. The maximum atomic E-state index is 13.4. The van der Waals surface area contributed by atoms with Gasteiger partial charge in [-0.1, -0.05) is 59.1 Å². The van der Waals surface area contributed by atoms with E-state index < -0.39 is 5.95 Å². The Morgan fingerprint density at radius 2 is 1.86 bits per heavy atom. The van der Waals surface area contributed by atoms with Crippen LogP contribution in [0.5, 0.6) is 0 Å². The Labute approximate surface area is 223 Å². The van der Waals surface area contributed by atoms with Crippen LogP contribution in [0.2, 0.25) is 15.1 Å². The molecule has 184 valence electrons. The summed E-state index contributed by atoms with van der Waals surface area (Å²) < 4.78 is 15.1. The van der Waals surface area contributed by atoms with Gasteiger partial charge in [-0.05, 0) is 53.1 Å². The summed E-state index contributed by atoms with van der Waals surface area (Å²) in [6, 6.07) is 13.9. The highest BCUT2D eigenvalue weighted by molar-refractivity contribution is 6.42. The number of hydrogen-bond acceptors (Lipinski definition) is 3. The highest BCUT2D eigenvalue weighted by Crippen LogP contribution is 2.36. The highest BCUT2D eigenvalue weighted by atomic mass is 35.5. The predicted molar refractivity (Wildman–Crippen MR) is 143 cm³/mol. The first-order chi connectivity index (χ1) is 17.4. The molecular formula is C27H22Cl3FN4O. The molecule has 0 saturated heterocycles. The van der Waals surface area contributed by atoms with Crippen LogP contribution < -0.4 is 5.32 Å². The lowest BCUT2D eigenvalue weighted by molar-refractivity contribution is 0.240. The smallest absolute Gasteiger partial charge is 0.326 e. The van der Waals surface area contributed by atoms with Crippen molar-refractivity contribution >= 4 is 57.8 Å². The Bertz CT molecular complexity index is 1470. The molecule has 1 amide bonds. The standard InChI is InChI=1S/C27H22Cl3FN4O/c28-19-5-3-17(4-6-19)2-1-10-34-11-8-24-21(16-34)20-13-22(29)23(30)14-25(20)35(24)27(36)33-15-18-7-9-32-26(31)12-18/h1-7,9,12-14H,8,10-11,15-16H2,(H,33,36). The number of carbonyl (C=O) groups is 1. The molecule has 0 spiro atoms. The molecule has 0 unspecified atom stereocenters. The first-order valence-corrected chi connectivity index (χ1v) is 12.6. The first-order valence-electron chi connectivity index (χ1n) is 11.4. The van der Waals surface area contributed by atoms with Crippen molar-refractivity contribution in [3.8, 4) is 0 Å². The number of halogens is 4. The zero-order valence-corrected chi connectivity index (χ0v) is 21.4. The van der Waals surface area contributed by atoms with Crippen molar-refractivity contribution in [2.75, 3.05) is 13.1 Å². The van der Waals surface area contributed by atoms with E-state index in [1.165, 1.54) is 12.3 Å². The number of pyridine rings is 1. The molecule has 5 nitrogen and oxygen atoms in total. The van der Waals surface area contributed by atoms with Gasteiger partial charge >= 0.3 is 6.03 Å². The van der Waals surface area contributed by atoms with Gasteiger partial charge in [0.1, 0.15) is 0 Å². The van der Waals surface area contributed by atoms with Gasteiger partial charge < -0.3 is 5.32 Å². The van der Waals surface area contributed by atoms with Crippen molar-refractivity contribution in [3.63, 3.8) is 0 Å². The van der Waals surface area contributed by atoms with E-state index in [1.54, 1.807) is 16.7 Å². The third kappa shape index (κ3) is 5.27. The van der Waals surface area contributed by atoms with Crippen LogP contribution in [0.3, 0.4) is 0 Å². The predicted octanol–water partition coefficient (Wildman–Crippen LogP) is 6.97. The Hall–Kier alpha value is -2.90. The molecule has 5 rings (SSSR count). The molecule has 2 aromatic heterocycles. The van der Waals surface area contributed by atoms with Crippen LogP contribution in [0.1, 0.15) is 22.4 Å². The van der Waals surface area contributed by atoms with Gasteiger partial charge in [-0.3, -0.25) is 9.47 Å².